The molecule has 5 heteroatoms. The highest BCUT2D eigenvalue weighted by molar-refractivity contribution is 14.1. The average Bonchev–Trinajstić information content (AvgIpc) is 2.39. The molecule has 1 fully saturated rings. The molecule has 0 spiro atoms. The summed E-state index contributed by atoms with van der Waals surface area (Å²) >= 11 is 5.48. The summed E-state index contributed by atoms with van der Waals surface area (Å²) < 4.78 is 13.8. The second-order valence-electron chi connectivity index (χ2n) is 4.86. The normalized spacial score (nSPS) is 19.5. The standard InChI is InChI=1S/C14H16BrFINO/c15-6-5-10-2-1-7-18(9-10)14(19)12-4-3-11(16)8-13(12)17/h3-4,8,10H,1-2,5-7,9H2. The second-order valence-corrected chi connectivity index (χ2v) is 6.82. The molecule has 1 heterocycles. The molecule has 1 unspecified atom stereocenters. The maximum absolute atomic E-state index is 13.1. The Morgan fingerprint density at radius 3 is 3.00 bits per heavy atom. The molecule has 1 aromatic rings. The number of rotatable bonds is 3. The van der Waals surface area contributed by atoms with Gasteiger partial charge in [0.15, 0.2) is 0 Å². The van der Waals surface area contributed by atoms with E-state index in [0.29, 0.717) is 15.1 Å². The van der Waals surface area contributed by atoms with E-state index < -0.39 is 0 Å². The maximum Gasteiger partial charge on any atom is 0.254 e. The largest absolute Gasteiger partial charge is 0.338 e. The number of piperidine rings is 1. The molecule has 0 aromatic heterocycles. The van der Waals surface area contributed by atoms with Gasteiger partial charge in [0.25, 0.3) is 5.91 Å². The zero-order chi connectivity index (χ0) is 13.8. The number of benzene rings is 1. The summed E-state index contributed by atoms with van der Waals surface area (Å²) in [4.78, 5) is 14.4. The van der Waals surface area contributed by atoms with Gasteiger partial charge in [0.05, 0.1) is 5.56 Å². The molecule has 2 nitrogen and oxygen atoms in total. The van der Waals surface area contributed by atoms with Crippen LogP contribution < -0.4 is 0 Å². The van der Waals surface area contributed by atoms with E-state index >= 15 is 0 Å². The number of amides is 1. The Morgan fingerprint density at radius 1 is 1.53 bits per heavy atom. The highest BCUT2D eigenvalue weighted by Gasteiger charge is 2.25. The minimum Gasteiger partial charge on any atom is -0.338 e. The predicted molar refractivity (Wildman–Crippen MR) is 86.2 cm³/mol. The van der Waals surface area contributed by atoms with Crippen molar-refractivity contribution in [1.29, 1.82) is 0 Å². The molecule has 2 rings (SSSR count). The van der Waals surface area contributed by atoms with Crippen LogP contribution in [0.3, 0.4) is 0 Å². The lowest BCUT2D eigenvalue weighted by Gasteiger charge is -2.32. The first-order valence-corrected chi connectivity index (χ1v) is 8.62. The third-order valence-corrected chi connectivity index (χ3v) is 4.84. The number of alkyl halides is 1. The smallest absolute Gasteiger partial charge is 0.254 e. The molecule has 1 amide bonds. The van der Waals surface area contributed by atoms with Gasteiger partial charge in [-0.2, -0.15) is 0 Å². The van der Waals surface area contributed by atoms with E-state index in [1.165, 1.54) is 18.6 Å². The Labute approximate surface area is 135 Å². The van der Waals surface area contributed by atoms with E-state index in [1.54, 1.807) is 6.07 Å². The Kier molecular flexibility index (Phi) is 5.62. The number of carbonyl (C=O) groups is 1. The van der Waals surface area contributed by atoms with Crippen LogP contribution in [0.2, 0.25) is 0 Å². The molecule has 0 bridgehead atoms. The van der Waals surface area contributed by atoms with Crippen molar-refractivity contribution in [3.05, 3.63) is 33.1 Å². The summed E-state index contributed by atoms with van der Waals surface area (Å²) in [5, 5.41) is 0.980. The van der Waals surface area contributed by atoms with Crippen molar-refractivity contribution in [1.82, 2.24) is 4.90 Å². The van der Waals surface area contributed by atoms with Crippen molar-refractivity contribution in [2.75, 3.05) is 18.4 Å². The monoisotopic (exact) mass is 439 g/mol. The molecule has 1 aromatic carbocycles. The molecule has 19 heavy (non-hydrogen) atoms. The minimum absolute atomic E-state index is 0.0312. The van der Waals surface area contributed by atoms with Crippen LogP contribution in [0, 0.1) is 15.3 Å². The SMILES string of the molecule is O=C(c1ccc(F)cc1I)N1CCCC(CCBr)C1. The van der Waals surface area contributed by atoms with Gasteiger partial charge in [0.1, 0.15) is 5.82 Å². The fourth-order valence-corrected chi connectivity index (χ4v) is 3.83. The first-order valence-electron chi connectivity index (χ1n) is 6.42. The number of nitrogens with zero attached hydrogens (tertiary/aromatic N) is 1. The number of hydrogen-bond donors (Lipinski definition) is 0. The summed E-state index contributed by atoms with van der Waals surface area (Å²) in [7, 11) is 0. The minimum atomic E-state index is -0.295. The van der Waals surface area contributed by atoms with Crippen LogP contribution in [0.4, 0.5) is 4.39 Å². The Morgan fingerprint density at radius 2 is 2.32 bits per heavy atom. The first kappa shape index (κ1) is 15.2. The van der Waals surface area contributed by atoms with E-state index in [2.05, 4.69) is 15.9 Å². The van der Waals surface area contributed by atoms with Crippen LogP contribution in [0.15, 0.2) is 18.2 Å². The van der Waals surface area contributed by atoms with Gasteiger partial charge in [-0.05, 0) is 66.0 Å². The van der Waals surface area contributed by atoms with Crippen LogP contribution >= 0.6 is 38.5 Å². The van der Waals surface area contributed by atoms with Gasteiger partial charge >= 0.3 is 0 Å². The summed E-state index contributed by atoms with van der Waals surface area (Å²) in [6.45, 7) is 1.63. The van der Waals surface area contributed by atoms with Crippen molar-refractivity contribution in [3.8, 4) is 0 Å². The highest BCUT2D eigenvalue weighted by atomic mass is 127. The lowest BCUT2D eigenvalue weighted by atomic mass is 9.95. The summed E-state index contributed by atoms with van der Waals surface area (Å²) in [5.74, 6) is 0.315. The van der Waals surface area contributed by atoms with Gasteiger partial charge in [0, 0.05) is 22.0 Å². The maximum atomic E-state index is 13.1. The molecular weight excluding hydrogens is 424 g/mol. The van der Waals surface area contributed by atoms with Crippen molar-refractivity contribution in [3.63, 3.8) is 0 Å². The predicted octanol–water partition coefficient (Wildman–Crippen LogP) is 4.07. The van der Waals surface area contributed by atoms with Gasteiger partial charge in [-0.25, -0.2) is 4.39 Å². The quantitative estimate of drug-likeness (QED) is 0.513. The van der Waals surface area contributed by atoms with Crippen LogP contribution in [-0.2, 0) is 0 Å². The van der Waals surface area contributed by atoms with E-state index in [-0.39, 0.29) is 11.7 Å². The molecule has 1 saturated heterocycles. The molecule has 1 aliphatic rings. The van der Waals surface area contributed by atoms with Gasteiger partial charge in [-0.15, -0.1) is 0 Å². The van der Waals surface area contributed by atoms with Crippen molar-refractivity contribution >= 4 is 44.4 Å². The van der Waals surface area contributed by atoms with E-state index in [0.717, 1.165) is 31.3 Å². The summed E-state index contributed by atoms with van der Waals surface area (Å²) in [5.41, 5.74) is 0.612. The summed E-state index contributed by atoms with van der Waals surface area (Å²) in [6, 6.07) is 4.36. The van der Waals surface area contributed by atoms with Crippen molar-refractivity contribution in [2.24, 2.45) is 5.92 Å². The Bertz CT molecular complexity index is 467. The highest BCUT2D eigenvalue weighted by Crippen LogP contribution is 2.23. The number of halogens is 3. The molecule has 0 aliphatic carbocycles. The van der Waals surface area contributed by atoms with Crippen molar-refractivity contribution in [2.45, 2.75) is 19.3 Å². The topological polar surface area (TPSA) is 20.3 Å². The zero-order valence-corrected chi connectivity index (χ0v) is 14.3. The average molecular weight is 440 g/mol. The molecular formula is C14H16BrFINO. The van der Waals surface area contributed by atoms with Crippen LogP contribution in [0.1, 0.15) is 29.6 Å². The van der Waals surface area contributed by atoms with E-state index in [9.17, 15) is 9.18 Å². The Balaban J connectivity index is 2.10. The van der Waals surface area contributed by atoms with Gasteiger partial charge in [0.2, 0.25) is 0 Å². The third-order valence-electron chi connectivity index (χ3n) is 3.49. The molecule has 0 radical (unpaired) electrons. The number of hydrogen-bond acceptors (Lipinski definition) is 1. The fraction of sp³-hybridized carbons (Fsp3) is 0.500. The first-order chi connectivity index (χ1) is 9.11. The summed E-state index contributed by atoms with van der Waals surface area (Å²) in [6.07, 6.45) is 3.35. The lowest BCUT2D eigenvalue weighted by Crippen LogP contribution is -2.40. The van der Waals surface area contributed by atoms with Gasteiger partial charge in [-0.1, -0.05) is 15.9 Å². The van der Waals surface area contributed by atoms with Gasteiger partial charge < -0.3 is 4.90 Å². The Hall–Kier alpha value is -0.170. The fourth-order valence-electron chi connectivity index (χ4n) is 2.47. The van der Waals surface area contributed by atoms with Crippen molar-refractivity contribution < 1.29 is 9.18 Å². The molecule has 1 aliphatic heterocycles. The molecule has 0 N–H and O–H groups in total. The lowest BCUT2D eigenvalue weighted by molar-refractivity contribution is 0.0671. The number of carbonyl (C=O) groups excluding carboxylic acids is 1. The van der Waals surface area contributed by atoms with E-state index in [4.69, 9.17) is 0 Å². The zero-order valence-electron chi connectivity index (χ0n) is 10.5. The van der Waals surface area contributed by atoms with Crippen LogP contribution in [0.5, 0.6) is 0 Å². The molecule has 1 atom stereocenters. The van der Waals surface area contributed by atoms with Gasteiger partial charge in [-0.3, -0.25) is 4.79 Å². The molecule has 0 saturated carbocycles. The van der Waals surface area contributed by atoms with E-state index in [1.807, 2.05) is 27.5 Å². The van der Waals surface area contributed by atoms with Crippen LogP contribution in [-0.4, -0.2) is 29.2 Å². The third kappa shape index (κ3) is 3.90. The second kappa shape index (κ2) is 7.02. The van der Waals surface area contributed by atoms with Crippen LogP contribution in [0.25, 0.3) is 0 Å². The molecule has 104 valence electrons. The number of likely N-dealkylation sites (tertiary alicyclic amines) is 1.